The summed E-state index contributed by atoms with van der Waals surface area (Å²) in [5.41, 5.74) is 2.74. The highest BCUT2D eigenvalue weighted by Gasteiger charge is 2.14. The third-order valence-corrected chi connectivity index (χ3v) is 3.91. The fraction of sp³-hybridized carbons (Fsp3) is 0.579. The zero-order chi connectivity index (χ0) is 15.9. The first-order chi connectivity index (χ1) is 10.6. The summed E-state index contributed by atoms with van der Waals surface area (Å²) in [5.74, 6) is 2.93. The Bertz CT molecular complexity index is 497. The van der Waals surface area contributed by atoms with Gasteiger partial charge in [0.2, 0.25) is 0 Å². The van der Waals surface area contributed by atoms with E-state index in [2.05, 4.69) is 45.1 Å². The second kappa shape index (κ2) is 8.23. The van der Waals surface area contributed by atoms with Gasteiger partial charge in [0.05, 0.1) is 13.2 Å². The lowest BCUT2D eigenvalue weighted by atomic mass is 9.93. The Morgan fingerprint density at radius 2 is 1.64 bits per heavy atom. The van der Waals surface area contributed by atoms with Crippen LogP contribution in [0.1, 0.15) is 40.0 Å². The Morgan fingerprint density at radius 3 is 2.32 bits per heavy atom. The van der Waals surface area contributed by atoms with Gasteiger partial charge in [0, 0.05) is 6.42 Å². The third-order valence-electron chi connectivity index (χ3n) is 3.91. The number of ether oxygens (including phenoxy) is 2. The number of aliphatic hydroxyl groups excluding tert-OH is 1. The highest BCUT2D eigenvalue weighted by atomic mass is 16.5. The van der Waals surface area contributed by atoms with Crippen molar-refractivity contribution in [1.82, 2.24) is 0 Å². The van der Waals surface area contributed by atoms with Gasteiger partial charge in [0.25, 0.3) is 0 Å². The van der Waals surface area contributed by atoms with E-state index in [9.17, 15) is 0 Å². The van der Waals surface area contributed by atoms with E-state index in [0.717, 1.165) is 30.8 Å². The Kier molecular flexibility index (Phi) is 6.32. The Hall–Kier alpha value is -1.48. The molecule has 0 heterocycles. The van der Waals surface area contributed by atoms with Crippen molar-refractivity contribution in [2.75, 3.05) is 19.8 Å². The van der Waals surface area contributed by atoms with Crippen LogP contribution in [0.2, 0.25) is 0 Å². The molecule has 0 saturated heterocycles. The highest BCUT2D eigenvalue weighted by molar-refractivity contribution is 5.26. The SMILES string of the molecule is CC1=CC(OCCC2=CC(OCCO)=CC(C)C2)=CC(C)C1. The maximum atomic E-state index is 8.85. The normalized spacial score (nSPS) is 24.9. The van der Waals surface area contributed by atoms with Crippen molar-refractivity contribution in [3.8, 4) is 0 Å². The summed E-state index contributed by atoms with van der Waals surface area (Å²) in [4.78, 5) is 0. The Balaban J connectivity index is 1.83. The van der Waals surface area contributed by atoms with E-state index >= 15 is 0 Å². The monoisotopic (exact) mass is 304 g/mol. The van der Waals surface area contributed by atoms with Crippen LogP contribution in [0, 0.1) is 11.8 Å². The van der Waals surface area contributed by atoms with E-state index in [4.69, 9.17) is 14.6 Å². The van der Waals surface area contributed by atoms with Gasteiger partial charge in [-0.25, -0.2) is 0 Å². The molecule has 2 aliphatic carbocycles. The average Bonchev–Trinajstić information content (AvgIpc) is 2.43. The molecule has 2 atom stereocenters. The second-order valence-electron chi connectivity index (χ2n) is 6.46. The van der Waals surface area contributed by atoms with E-state index in [1.165, 1.54) is 11.1 Å². The molecule has 0 aromatic carbocycles. The van der Waals surface area contributed by atoms with Gasteiger partial charge in [0.1, 0.15) is 18.1 Å². The van der Waals surface area contributed by atoms with Crippen molar-refractivity contribution in [2.24, 2.45) is 11.8 Å². The van der Waals surface area contributed by atoms with Crippen LogP contribution in [0.5, 0.6) is 0 Å². The van der Waals surface area contributed by atoms with Crippen molar-refractivity contribution in [1.29, 1.82) is 0 Å². The molecule has 3 heteroatoms. The first-order valence-electron chi connectivity index (χ1n) is 8.23. The largest absolute Gasteiger partial charge is 0.494 e. The first kappa shape index (κ1) is 16.9. The van der Waals surface area contributed by atoms with Crippen molar-refractivity contribution in [3.63, 3.8) is 0 Å². The Morgan fingerprint density at radius 1 is 1.00 bits per heavy atom. The summed E-state index contributed by atoms with van der Waals surface area (Å²) >= 11 is 0. The van der Waals surface area contributed by atoms with E-state index in [-0.39, 0.29) is 6.61 Å². The van der Waals surface area contributed by atoms with Crippen molar-refractivity contribution in [3.05, 3.63) is 47.0 Å². The van der Waals surface area contributed by atoms with Crippen molar-refractivity contribution < 1.29 is 14.6 Å². The van der Waals surface area contributed by atoms with Gasteiger partial charge in [0.15, 0.2) is 0 Å². The molecule has 0 amide bonds. The fourth-order valence-electron chi connectivity index (χ4n) is 3.08. The van der Waals surface area contributed by atoms with Gasteiger partial charge >= 0.3 is 0 Å². The lowest BCUT2D eigenvalue weighted by Gasteiger charge is -2.20. The van der Waals surface area contributed by atoms with Gasteiger partial charge < -0.3 is 14.6 Å². The second-order valence-corrected chi connectivity index (χ2v) is 6.46. The number of aliphatic hydroxyl groups is 1. The molecule has 0 radical (unpaired) electrons. The Labute approximate surface area is 134 Å². The summed E-state index contributed by atoms with van der Waals surface area (Å²) in [7, 11) is 0. The molecule has 2 unspecified atom stereocenters. The minimum Gasteiger partial charge on any atom is -0.494 e. The highest BCUT2D eigenvalue weighted by Crippen LogP contribution is 2.26. The fourth-order valence-corrected chi connectivity index (χ4v) is 3.08. The molecule has 0 saturated carbocycles. The van der Waals surface area contributed by atoms with E-state index in [1.54, 1.807) is 0 Å². The summed E-state index contributed by atoms with van der Waals surface area (Å²) in [5, 5.41) is 8.85. The number of hydrogen-bond donors (Lipinski definition) is 1. The van der Waals surface area contributed by atoms with Crippen LogP contribution in [0.15, 0.2) is 47.0 Å². The van der Waals surface area contributed by atoms with Gasteiger partial charge in [-0.3, -0.25) is 0 Å². The quantitative estimate of drug-likeness (QED) is 0.769. The molecule has 0 spiro atoms. The van der Waals surface area contributed by atoms with Gasteiger partial charge in [-0.05, 0) is 55.9 Å². The average molecular weight is 304 g/mol. The molecule has 2 rings (SSSR count). The number of allylic oxidation sites excluding steroid dienone is 5. The molecule has 3 nitrogen and oxygen atoms in total. The van der Waals surface area contributed by atoms with Gasteiger partial charge in [-0.1, -0.05) is 25.0 Å². The minimum absolute atomic E-state index is 0.0516. The maximum absolute atomic E-state index is 8.85. The lowest BCUT2D eigenvalue weighted by Crippen LogP contribution is -2.08. The topological polar surface area (TPSA) is 38.7 Å². The molecule has 0 aromatic heterocycles. The van der Waals surface area contributed by atoms with Gasteiger partial charge in [-0.15, -0.1) is 0 Å². The molecular weight excluding hydrogens is 276 g/mol. The van der Waals surface area contributed by atoms with E-state index in [1.807, 2.05) is 0 Å². The van der Waals surface area contributed by atoms with Crippen LogP contribution in [0.4, 0.5) is 0 Å². The zero-order valence-electron chi connectivity index (χ0n) is 14.0. The van der Waals surface area contributed by atoms with E-state index in [0.29, 0.717) is 25.0 Å². The van der Waals surface area contributed by atoms with Crippen LogP contribution < -0.4 is 0 Å². The maximum Gasteiger partial charge on any atom is 0.115 e. The van der Waals surface area contributed by atoms with Crippen LogP contribution in [0.3, 0.4) is 0 Å². The zero-order valence-corrected chi connectivity index (χ0v) is 14.0. The molecular formula is C19H28O3. The molecule has 0 bridgehead atoms. The predicted molar refractivity (Wildman–Crippen MR) is 89.2 cm³/mol. The van der Waals surface area contributed by atoms with Crippen LogP contribution in [0.25, 0.3) is 0 Å². The van der Waals surface area contributed by atoms with Crippen molar-refractivity contribution in [2.45, 2.75) is 40.0 Å². The van der Waals surface area contributed by atoms with Crippen LogP contribution in [-0.4, -0.2) is 24.9 Å². The summed E-state index contributed by atoms with van der Waals surface area (Å²) in [6.45, 7) is 7.68. The van der Waals surface area contributed by atoms with Crippen LogP contribution in [-0.2, 0) is 9.47 Å². The molecule has 22 heavy (non-hydrogen) atoms. The smallest absolute Gasteiger partial charge is 0.115 e. The standard InChI is InChI=1S/C19H28O3/c1-14-8-15(2)11-18(10-14)21-6-4-17-9-16(3)12-19(13-17)22-7-5-20/h10-14,16,20H,4-9H2,1-3H3. The van der Waals surface area contributed by atoms with Gasteiger partial charge in [-0.2, -0.15) is 0 Å². The van der Waals surface area contributed by atoms with Crippen LogP contribution >= 0.6 is 0 Å². The summed E-state index contributed by atoms with van der Waals surface area (Å²) in [6, 6.07) is 0. The molecule has 0 aromatic rings. The number of rotatable bonds is 7. The molecule has 122 valence electrons. The molecule has 0 fully saturated rings. The molecule has 1 N–H and O–H groups in total. The summed E-state index contributed by atoms with van der Waals surface area (Å²) < 4.78 is 11.5. The molecule has 2 aliphatic rings. The van der Waals surface area contributed by atoms with E-state index < -0.39 is 0 Å². The third kappa shape index (κ3) is 5.38. The molecule has 0 aliphatic heterocycles. The first-order valence-corrected chi connectivity index (χ1v) is 8.23. The number of hydrogen-bond acceptors (Lipinski definition) is 3. The minimum atomic E-state index is 0.0516. The van der Waals surface area contributed by atoms with Crippen molar-refractivity contribution >= 4 is 0 Å². The predicted octanol–water partition coefficient (Wildman–Crippen LogP) is 4.12. The summed E-state index contributed by atoms with van der Waals surface area (Å²) in [6.07, 6.45) is 11.7. The lowest BCUT2D eigenvalue weighted by molar-refractivity contribution is 0.149.